The van der Waals surface area contributed by atoms with Crippen LogP contribution in [-0.4, -0.2) is 28.6 Å². The van der Waals surface area contributed by atoms with Crippen LogP contribution in [0.2, 0.25) is 0 Å². The van der Waals surface area contributed by atoms with E-state index in [4.69, 9.17) is 0 Å². The highest BCUT2D eigenvalue weighted by Crippen LogP contribution is 2.16. The van der Waals surface area contributed by atoms with Gasteiger partial charge in [0.05, 0.1) is 24.3 Å². The quantitative estimate of drug-likeness (QED) is 0.615. The van der Waals surface area contributed by atoms with Gasteiger partial charge < -0.3 is 9.67 Å². The van der Waals surface area contributed by atoms with E-state index in [0.29, 0.717) is 34.9 Å². The Morgan fingerprint density at radius 3 is 2.67 bits per heavy atom. The van der Waals surface area contributed by atoms with Gasteiger partial charge in [0.1, 0.15) is 0 Å². The summed E-state index contributed by atoms with van der Waals surface area (Å²) in [6, 6.07) is 9.93. The molecule has 0 aliphatic heterocycles. The van der Waals surface area contributed by atoms with E-state index in [9.17, 15) is 9.90 Å². The fraction of sp³-hybridized carbons (Fsp3) is 0.235. The summed E-state index contributed by atoms with van der Waals surface area (Å²) in [7, 11) is 1.82. The van der Waals surface area contributed by atoms with Gasteiger partial charge in [-0.1, -0.05) is 30.3 Å². The van der Waals surface area contributed by atoms with Gasteiger partial charge in [-0.15, -0.1) is 0 Å². The van der Waals surface area contributed by atoms with Crippen LogP contribution in [-0.2, 0) is 20.2 Å². The molecule has 1 N–H and O–H groups in total. The van der Waals surface area contributed by atoms with Crippen molar-refractivity contribution in [3.05, 3.63) is 64.0 Å². The van der Waals surface area contributed by atoms with Crippen molar-refractivity contribution in [2.24, 2.45) is 7.05 Å². The molecular weight excluding hydrogens is 306 g/mol. The van der Waals surface area contributed by atoms with Crippen molar-refractivity contribution in [3.8, 4) is 0 Å². The Kier molecular flexibility index (Phi) is 3.24. The molecule has 0 amide bonds. The fourth-order valence-corrected chi connectivity index (χ4v) is 3.08. The van der Waals surface area contributed by atoms with E-state index in [1.807, 2.05) is 41.9 Å². The number of aryl methyl sites for hydroxylation is 2. The van der Waals surface area contributed by atoms with Crippen LogP contribution < -0.4 is 5.56 Å². The third-order valence-electron chi connectivity index (χ3n) is 4.38. The molecule has 3 aromatic heterocycles. The van der Waals surface area contributed by atoms with E-state index in [2.05, 4.69) is 9.97 Å². The SMILES string of the molecule is Cc1c(CO)nc2n(C)c3ncn(Cc4ccccc4)c3c(=O)n12. The molecule has 0 atom stereocenters. The maximum absolute atomic E-state index is 13.0. The first-order valence-corrected chi connectivity index (χ1v) is 7.68. The Morgan fingerprint density at radius 1 is 1.21 bits per heavy atom. The molecule has 0 saturated heterocycles. The minimum absolute atomic E-state index is 0.170. The molecule has 0 aliphatic carbocycles. The standard InChI is InChI=1S/C17H17N5O2/c1-11-13(9-23)19-17-20(2)15-14(16(24)22(11)17)21(10-18-15)8-12-6-4-3-5-7-12/h3-7,10,23H,8-9H2,1-2H3. The van der Waals surface area contributed by atoms with Crippen LogP contribution in [0.25, 0.3) is 16.9 Å². The highest BCUT2D eigenvalue weighted by atomic mass is 16.3. The molecule has 0 saturated carbocycles. The van der Waals surface area contributed by atoms with Gasteiger partial charge in [0.25, 0.3) is 5.56 Å². The van der Waals surface area contributed by atoms with Crippen molar-refractivity contribution in [2.45, 2.75) is 20.1 Å². The third-order valence-corrected chi connectivity index (χ3v) is 4.38. The van der Waals surface area contributed by atoms with Crippen LogP contribution in [0.3, 0.4) is 0 Å². The monoisotopic (exact) mass is 323 g/mol. The second-order valence-electron chi connectivity index (χ2n) is 5.83. The first kappa shape index (κ1) is 14.6. The lowest BCUT2D eigenvalue weighted by Gasteiger charge is -2.07. The summed E-state index contributed by atoms with van der Waals surface area (Å²) in [6.07, 6.45) is 1.68. The molecule has 0 aliphatic rings. The predicted molar refractivity (Wildman–Crippen MR) is 89.9 cm³/mol. The van der Waals surface area contributed by atoms with E-state index in [0.717, 1.165) is 5.56 Å². The smallest absolute Gasteiger partial charge is 0.285 e. The Hall–Kier alpha value is -2.93. The molecule has 7 nitrogen and oxygen atoms in total. The third kappa shape index (κ3) is 1.98. The lowest BCUT2D eigenvalue weighted by molar-refractivity contribution is 0.276. The van der Waals surface area contributed by atoms with Crippen molar-refractivity contribution >= 4 is 16.9 Å². The maximum atomic E-state index is 13.0. The van der Waals surface area contributed by atoms with Crippen LogP contribution >= 0.6 is 0 Å². The zero-order valence-corrected chi connectivity index (χ0v) is 13.5. The van der Waals surface area contributed by atoms with Gasteiger partial charge in [-0.2, -0.15) is 0 Å². The molecule has 0 spiro atoms. The van der Waals surface area contributed by atoms with Crippen molar-refractivity contribution in [1.29, 1.82) is 0 Å². The van der Waals surface area contributed by atoms with Gasteiger partial charge in [0.2, 0.25) is 5.78 Å². The Balaban J connectivity index is 2.02. The van der Waals surface area contributed by atoms with E-state index >= 15 is 0 Å². The number of aliphatic hydroxyl groups is 1. The second kappa shape index (κ2) is 5.31. The molecule has 0 fully saturated rings. The maximum Gasteiger partial charge on any atom is 0.285 e. The summed E-state index contributed by atoms with van der Waals surface area (Å²) in [5.41, 5.74) is 3.19. The number of hydrogen-bond acceptors (Lipinski definition) is 4. The summed E-state index contributed by atoms with van der Waals surface area (Å²) in [5, 5.41) is 9.43. The van der Waals surface area contributed by atoms with Crippen LogP contribution in [0.4, 0.5) is 0 Å². The van der Waals surface area contributed by atoms with E-state index in [1.54, 1.807) is 17.8 Å². The summed E-state index contributed by atoms with van der Waals surface area (Å²) in [6.45, 7) is 2.16. The molecule has 4 aromatic rings. The van der Waals surface area contributed by atoms with Crippen molar-refractivity contribution in [3.63, 3.8) is 0 Å². The number of rotatable bonds is 3. The van der Waals surface area contributed by atoms with Crippen LogP contribution in [0.15, 0.2) is 41.5 Å². The number of hydrogen-bond donors (Lipinski definition) is 1. The molecular formula is C17H17N5O2. The number of aliphatic hydroxyl groups excluding tert-OH is 1. The van der Waals surface area contributed by atoms with E-state index in [1.165, 1.54) is 4.40 Å². The Labute approximate surface area is 137 Å². The zero-order valence-electron chi connectivity index (χ0n) is 13.5. The number of benzene rings is 1. The summed E-state index contributed by atoms with van der Waals surface area (Å²) < 4.78 is 5.17. The summed E-state index contributed by atoms with van der Waals surface area (Å²) in [5.74, 6) is 0.485. The number of aromatic nitrogens is 5. The normalized spacial score (nSPS) is 11.6. The van der Waals surface area contributed by atoms with Crippen LogP contribution in [0, 0.1) is 6.92 Å². The average molecular weight is 323 g/mol. The largest absolute Gasteiger partial charge is 0.390 e. The molecule has 122 valence electrons. The molecule has 0 bridgehead atoms. The Morgan fingerprint density at radius 2 is 1.96 bits per heavy atom. The van der Waals surface area contributed by atoms with Crippen LogP contribution in [0.1, 0.15) is 17.0 Å². The van der Waals surface area contributed by atoms with Crippen molar-refractivity contribution in [2.75, 3.05) is 0 Å². The van der Waals surface area contributed by atoms with Crippen LogP contribution in [0.5, 0.6) is 0 Å². The van der Waals surface area contributed by atoms with Gasteiger partial charge in [0.15, 0.2) is 11.2 Å². The minimum Gasteiger partial charge on any atom is -0.390 e. The first-order valence-electron chi connectivity index (χ1n) is 7.68. The summed E-state index contributed by atoms with van der Waals surface area (Å²) in [4.78, 5) is 21.8. The van der Waals surface area contributed by atoms with Gasteiger partial charge in [-0.25, -0.2) is 14.4 Å². The molecule has 24 heavy (non-hydrogen) atoms. The van der Waals surface area contributed by atoms with Crippen molar-refractivity contribution in [1.82, 2.24) is 23.5 Å². The Bertz CT molecular complexity index is 1110. The average Bonchev–Trinajstić information content (AvgIpc) is 3.16. The number of nitrogens with zero attached hydrogens (tertiary/aromatic N) is 5. The molecule has 1 aromatic carbocycles. The molecule has 7 heteroatoms. The first-order chi connectivity index (χ1) is 11.6. The predicted octanol–water partition coefficient (Wildman–Crippen LogP) is 1.23. The van der Waals surface area contributed by atoms with E-state index in [-0.39, 0.29) is 12.2 Å². The summed E-state index contributed by atoms with van der Waals surface area (Å²) >= 11 is 0. The van der Waals surface area contributed by atoms with Crippen molar-refractivity contribution < 1.29 is 5.11 Å². The minimum atomic E-state index is -0.200. The lowest BCUT2D eigenvalue weighted by Crippen LogP contribution is -2.21. The second-order valence-corrected chi connectivity index (χ2v) is 5.83. The highest BCUT2D eigenvalue weighted by molar-refractivity contribution is 5.73. The molecule has 4 rings (SSSR count). The highest BCUT2D eigenvalue weighted by Gasteiger charge is 2.19. The topological polar surface area (TPSA) is 77.3 Å². The van der Waals surface area contributed by atoms with E-state index < -0.39 is 0 Å². The lowest BCUT2D eigenvalue weighted by atomic mass is 10.2. The number of imidazole rings is 2. The molecule has 0 radical (unpaired) electrons. The molecule has 3 heterocycles. The fourth-order valence-electron chi connectivity index (χ4n) is 3.08. The number of fused-ring (bicyclic) bond motifs is 2. The van der Waals surface area contributed by atoms with Gasteiger partial charge in [-0.3, -0.25) is 9.36 Å². The van der Waals surface area contributed by atoms with Gasteiger partial charge >= 0.3 is 0 Å². The molecule has 0 unspecified atom stereocenters. The zero-order chi connectivity index (χ0) is 16.8. The van der Waals surface area contributed by atoms with Gasteiger partial charge in [-0.05, 0) is 12.5 Å². The van der Waals surface area contributed by atoms with Gasteiger partial charge in [0, 0.05) is 13.6 Å².